The van der Waals surface area contributed by atoms with Crippen LogP contribution in [0.2, 0.25) is 0 Å². The van der Waals surface area contributed by atoms with Crippen molar-refractivity contribution in [2.24, 2.45) is 0 Å². The summed E-state index contributed by atoms with van der Waals surface area (Å²) in [5.74, 6) is 0.583. The number of hydrogen-bond donors (Lipinski definition) is 1. The maximum atomic E-state index is 13.4. The fourth-order valence-electron chi connectivity index (χ4n) is 1.65. The van der Waals surface area contributed by atoms with E-state index in [4.69, 9.17) is 4.42 Å². The lowest BCUT2D eigenvalue weighted by atomic mass is 10.1. The minimum atomic E-state index is -0.274. The third kappa shape index (κ3) is 2.88. The third-order valence-corrected chi connectivity index (χ3v) is 3.20. The number of halogens is 2. The van der Waals surface area contributed by atoms with Crippen LogP contribution < -0.4 is 5.32 Å². The van der Waals surface area contributed by atoms with E-state index >= 15 is 0 Å². The number of rotatable bonds is 4. The molecule has 1 aromatic carbocycles. The Balaban J connectivity index is 2.16. The van der Waals surface area contributed by atoms with Crippen molar-refractivity contribution in [3.63, 3.8) is 0 Å². The van der Waals surface area contributed by atoms with Gasteiger partial charge in [-0.2, -0.15) is 0 Å². The molecule has 1 heterocycles. The van der Waals surface area contributed by atoms with Crippen molar-refractivity contribution in [2.45, 2.75) is 19.4 Å². The topological polar surface area (TPSA) is 25.2 Å². The van der Waals surface area contributed by atoms with Gasteiger partial charge in [0.05, 0.1) is 16.8 Å². The van der Waals surface area contributed by atoms with Gasteiger partial charge in [0.25, 0.3) is 0 Å². The van der Waals surface area contributed by atoms with Crippen molar-refractivity contribution in [1.29, 1.82) is 0 Å². The van der Waals surface area contributed by atoms with Crippen LogP contribution in [0.1, 0.15) is 25.1 Å². The van der Waals surface area contributed by atoms with Gasteiger partial charge in [-0.3, -0.25) is 0 Å². The van der Waals surface area contributed by atoms with Crippen molar-refractivity contribution in [1.82, 2.24) is 0 Å². The lowest BCUT2D eigenvalue weighted by Crippen LogP contribution is -2.08. The number of benzene rings is 1. The van der Waals surface area contributed by atoms with Crippen LogP contribution in [0.4, 0.5) is 10.1 Å². The fraction of sp³-hybridized carbons (Fsp3) is 0.231. The van der Waals surface area contributed by atoms with Gasteiger partial charge >= 0.3 is 0 Å². The average molecular weight is 298 g/mol. The summed E-state index contributed by atoms with van der Waals surface area (Å²) in [6, 6.07) is 8.81. The van der Waals surface area contributed by atoms with Gasteiger partial charge in [-0.1, -0.05) is 6.92 Å². The van der Waals surface area contributed by atoms with E-state index in [1.165, 1.54) is 6.07 Å². The van der Waals surface area contributed by atoms with Crippen LogP contribution >= 0.6 is 15.9 Å². The summed E-state index contributed by atoms with van der Waals surface area (Å²) in [6.45, 7) is 2.05. The predicted molar refractivity (Wildman–Crippen MR) is 69.5 cm³/mol. The first-order valence-corrected chi connectivity index (χ1v) is 6.25. The number of anilines is 1. The van der Waals surface area contributed by atoms with Gasteiger partial charge in [0, 0.05) is 5.69 Å². The Morgan fingerprint density at radius 2 is 2.24 bits per heavy atom. The number of nitrogens with one attached hydrogen (secondary N) is 1. The van der Waals surface area contributed by atoms with E-state index in [9.17, 15) is 4.39 Å². The molecule has 0 saturated carbocycles. The normalized spacial score (nSPS) is 12.4. The molecule has 0 saturated heterocycles. The van der Waals surface area contributed by atoms with Crippen LogP contribution in [-0.2, 0) is 0 Å². The van der Waals surface area contributed by atoms with E-state index < -0.39 is 0 Å². The van der Waals surface area contributed by atoms with Gasteiger partial charge in [-0.05, 0) is 52.7 Å². The Kier molecular flexibility index (Phi) is 3.84. The molecular weight excluding hydrogens is 285 g/mol. The zero-order valence-electron chi connectivity index (χ0n) is 9.41. The first kappa shape index (κ1) is 12.2. The Bertz CT molecular complexity index is 484. The second-order valence-corrected chi connectivity index (χ2v) is 4.60. The Hall–Kier alpha value is -1.29. The molecule has 2 aromatic rings. The van der Waals surface area contributed by atoms with Gasteiger partial charge in [0.15, 0.2) is 0 Å². The van der Waals surface area contributed by atoms with Gasteiger partial charge in [0.2, 0.25) is 0 Å². The van der Waals surface area contributed by atoms with Crippen molar-refractivity contribution in [3.8, 4) is 0 Å². The first-order chi connectivity index (χ1) is 8.20. The average Bonchev–Trinajstić information content (AvgIpc) is 2.84. The summed E-state index contributed by atoms with van der Waals surface area (Å²) in [6.07, 6.45) is 2.51. The predicted octanol–water partition coefficient (Wildman–Crippen LogP) is 4.74. The molecule has 0 amide bonds. The zero-order chi connectivity index (χ0) is 12.3. The quantitative estimate of drug-likeness (QED) is 0.881. The van der Waals surface area contributed by atoms with E-state index in [0.29, 0.717) is 4.47 Å². The molecule has 0 aliphatic rings. The van der Waals surface area contributed by atoms with Crippen LogP contribution in [0, 0.1) is 5.82 Å². The standard InChI is InChI=1S/C13H13BrFNO/c1-2-12(13-4-3-7-17-13)16-9-5-6-10(14)11(15)8-9/h3-8,12,16H,2H2,1H3. The van der Waals surface area contributed by atoms with Crippen molar-refractivity contribution < 1.29 is 8.81 Å². The molecule has 1 atom stereocenters. The summed E-state index contributed by atoms with van der Waals surface area (Å²) in [5, 5.41) is 3.24. The summed E-state index contributed by atoms with van der Waals surface area (Å²) in [5.41, 5.74) is 0.744. The molecule has 90 valence electrons. The summed E-state index contributed by atoms with van der Waals surface area (Å²) < 4.78 is 19.2. The molecule has 17 heavy (non-hydrogen) atoms. The van der Waals surface area contributed by atoms with Gasteiger partial charge < -0.3 is 9.73 Å². The van der Waals surface area contributed by atoms with Crippen molar-refractivity contribution in [3.05, 3.63) is 52.6 Å². The largest absolute Gasteiger partial charge is 0.467 e. The third-order valence-electron chi connectivity index (χ3n) is 2.56. The Morgan fingerprint density at radius 3 is 2.82 bits per heavy atom. The van der Waals surface area contributed by atoms with Crippen molar-refractivity contribution >= 4 is 21.6 Å². The second kappa shape index (κ2) is 5.36. The fourth-order valence-corrected chi connectivity index (χ4v) is 1.90. The molecule has 1 N–H and O–H groups in total. The highest BCUT2D eigenvalue weighted by molar-refractivity contribution is 9.10. The lowest BCUT2D eigenvalue weighted by molar-refractivity contribution is 0.473. The highest BCUT2D eigenvalue weighted by Gasteiger charge is 2.12. The maximum Gasteiger partial charge on any atom is 0.139 e. The molecule has 1 aromatic heterocycles. The lowest BCUT2D eigenvalue weighted by Gasteiger charge is -2.16. The number of hydrogen-bond acceptors (Lipinski definition) is 2. The molecule has 0 aliphatic carbocycles. The van der Waals surface area contributed by atoms with Crippen molar-refractivity contribution in [2.75, 3.05) is 5.32 Å². The van der Waals surface area contributed by atoms with Gasteiger partial charge in [-0.15, -0.1) is 0 Å². The van der Waals surface area contributed by atoms with E-state index in [1.807, 2.05) is 18.2 Å². The Labute approximate surface area is 108 Å². The molecular formula is C13H13BrFNO. The van der Waals surface area contributed by atoms with E-state index in [1.54, 1.807) is 12.3 Å². The molecule has 1 unspecified atom stereocenters. The number of furan rings is 1. The second-order valence-electron chi connectivity index (χ2n) is 3.75. The minimum Gasteiger partial charge on any atom is -0.467 e. The Morgan fingerprint density at radius 1 is 1.41 bits per heavy atom. The molecule has 0 radical (unpaired) electrons. The molecule has 0 aliphatic heterocycles. The van der Waals surface area contributed by atoms with Crippen LogP contribution in [0.15, 0.2) is 45.5 Å². The molecule has 0 spiro atoms. The first-order valence-electron chi connectivity index (χ1n) is 5.45. The summed E-state index contributed by atoms with van der Waals surface area (Å²) >= 11 is 3.13. The molecule has 4 heteroatoms. The monoisotopic (exact) mass is 297 g/mol. The molecule has 2 nitrogen and oxygen atoms in total. The SMILES string of the molecule is CCC(Nc1ccc(Br)c(F)c1)c1ccco1. The summed E-state index contributed by atoms with van der Waals surface area (Å²) in [4.78, 5) is 0. The van der Waals surface area contributed by atoms with Crippen LogP contribution in [0.25, 0.3) is 0 Å². The highest BCUT2D eigenvalue weighted by Crippen LogP contribution is 2.25. The van der Waals surface area contributed by atoms with E-state index in [-0.39, 0.29) is 11.9 Å². The van der Waals surface area contributed by atoms with E-state index in [2.05, 4.69) is 28.2 Å². The van der Waals surface area contributed by atoms with Crippen LogP contribution in [0.5, 0.6) is 0 Å². The summed E-state index contributed by atoms with van der Waals surface area (Å²) in [7, 11) is 0. The van der Waals surface area contributed by atoms with Gasteiger partial charge in [-0.25, -0.2) is 4.39 Å². The van der Waals surface area contributed by atoms with Crippen LogP contribution in [0.3, 0.4) is 0 Å². The molecule has 0 bridgehead atoms. The molecule has 2 rings (SSSR count). The minimum absolute atomic E-state index is 0.0607. The zero-order valence-corrected chi connectivity index (χ0v) is 11.0. The smallest absolute Gasteiger partial charge is 0.139 e. The van der Waals surface area contributed by atoms with Crippen LogP contribution in [-0.4, -0.2) is 0 Å². The van der Waals surface area contributed by atoms with Gasteiger partial charge in [0.1, 0.15) is 11.6 Å². The maximum absolute atomic E-state index is 13.4. The highest BCUT2D eigenvalue weighted by atomic mass is 79.9. The molecule has 0 fully saturated rings. The van der Waals surface area contributed by atoms with E-state index in [0.717, 1.165) is 17.9 Å².